The summed E-state index contributed by atoms with van der Waals surface area (Å²) < 4.78 is 32.4. The molecule has 1 aliphatic carbocycles. The zero-order valence-electron chi connectivity index (χ0n) is 11.1. The lowest BCUT2D eigenvalue weighted by molar-refractivity contribution is 0.251. The van der Waals surface area contributed by atoms with Gasteiger partial charge in [-0.05, 0) is 43.0 Å². The second-order valence-corrected chi connectivity index (χ2v) is 7.18. The first kappa shape index (κ1) is 15.6. The van der Waals surface area contributed by atoms with Crippen molar-refractivity contribution in [2.75, 3.05) is 13.2 Å². The van der Waals surface area contributed by atoms with Gasteiger partial charge in [0.05, 0.1) is 11.5 Å². The Morgan fingerprint density at radius 3 is 2.75 bits per heavy atom. The van der Waals surface area contributed by atoms with Gasteiger partial charge in [-0.3, -0.25) is 0 Å². The largest absolute Gasteiger partial charge is 0.493 e. The molecule has 0 unspecified atom stereocenters. The molecule has 1 aromatic carbocycles. The van der Waals surface area contributed by atoms with Gasteiger partial charge in [-0.1, -0.05) is 0 Å². The number of nitrogens with one attached hydrogen (secondary N) is 1. The van der Waals surface area contributed by atoms with Crippen molar-refractivity contribution in [1.82, 2.24) is 4.72 Å². The first-order valence-corrected chi connectivity index (χ1v) is 8.01. The van der Waals surface area contributed by atoms with E-state index in [-0.39, 0.29) is 17.9 Å². The van der Waals surface area contributed by atoms with Gasteiger partial charge in [0.2, 0.25) is 10.0 Å². The smallest absolute Gasteiger partial charge is 0.240 e. The summed E-state index contributed by atoms with van der Waals surface area (Å²) >= 11 is 0. The predicted molar refractivity (Wildman–Crippen MR) is 78.8 cm³/mol. The first-order chi connectivity index (χ1) is 8.99. The number of halogens is 1. The molecule has 0 saturated heterocycles. The Hall–Kier alpha value is -0.820. The normalized spacial score (nSPS) is 19.4. The topological polar surface area (TPSA) is 81.4 Å². The Bertz CT molecular complexity index is 600. The van der Waals surface area contributed by atoms with E-state index in [0.29, 0.717) is 18.0 Å². The van der Waals surface area contributed by atoms with Crippen molar-refractivity contribution < 1.29 is 13.2 Å². The van der Waals surface area contributed by atoms with Crippen LogP contribution in [0.4, 0.5) is 0 Å². The van der Waals surface area contributed by atoms with E-state index in [1.165, 1.54) is 0 Å². The Balaban J connectivity index is 0.00000147. The molecule has 0 amide bonds. The predicted octanol–water partition coefficient (Wildman–Crippen LogP) is 1.20. The van der Waals surface area contributed by atoms with Crippen LogP contribution in [0.3, 0.4) is 0 Å². The lowest BCUT2D eigenvalue weighted by Gasteiger charge is -2.38. The molecule has 0 bridgehead atoms. The fourth-order valence-electron chi connectivity index (χ4n) is 2.46. The van der Waals surface area contributed by atoms with E-state index in [4.69, 9.17) is 10.5 Å². The molecule has 0 aromatic heterocycles. The molecular weight excluding hydrogens is 300 g/mol. The lowest BCUT2D eigenvalue weighted by Crippen LogP contribution is -2.54. The third kappa shape index (κ3) is 2.93. The molecule has 2 aliphatic rings. The van der Waals surface area contributed by atoms with Crippen LogP contribution in [0.2, 0.25) is 0 Å². The number of sulfonamides is 1. The standard InChI is InChI=1S/C13H18N2O3S.ClH/c14-13(5-1-6-13)9-15-19(16,17)11-2-3-12-10(8-11)4-7-18-12;/h2-3,8,15H,1,4-7,9,14H2;1H. The van der Waals surface area contributed by atoms with Crippen LogP contribution in [0.5, 0.6) is 5.75 Å². The zero-order valence-corrected chi connectivity index (χ0v) is 12.7. The van der Waals surface area contributed by atoms with Gasteiger partial charge in [0.15, 0.2) is 0 Å². The van der Waals surface area contributed by atoms with E-state index >= 15 is 0 Å². The van der Waals surface area contributed by atoms with E-state index in [0.717, 1.165) is 37.0 Å². The molecule has 1 fully saturated rings. The summed E-state index contributed by atoms with van der Waals surface area (Å²) in [5.41, 5.74) is 6.63. The van der Waals surface area contributed by atoms with Crippen LogP contribution in [-0.4, -0.2) is 27.1 Å². The van der Waals surface area contributed by atoms with Gasteiger partial charge in [-0.2, -0.15) is 0 Å². The third-order valence-corrected chi connectivity index (χ3v) is 5.33. The molecule has 112 valence electrons. The Kier molecular flexibility index (Phi) is 4.30. The van der Waals surface area contributed by atoms with Gasteiger partial charge >= 0.3 is 0 Å². The van der Waals surface area contributed by atoms with Crippen molar-refractivity contribution in [2.24, 2.45) is 5.73 Å². The van der Waals surface area contributed by atoms with E-state index < -0.39 is 10.0 Å². The Morgan fingerprint density at radius 2 is 2.10 bits per heavy atom. The van der Waals surface area contributed by atoms with Crippen LogP contribution in [0.1, 0.15) is 24.8 Å². The summed E-state index contributed by atoms with van der Waals surface area (Å²) in [7, 11) is -3.48. The number of nitrogens with two attached hydrogens (primary N) is 1. The number of fused-ring (bicyclic) bond motifs is 1. The second-order valence-electron chi connectivity index (χ2n) is 5.41. The monoisotopic (exact) mass is 318 g/mol. The van der Waals surface area contributed by atoms with Gasteiger partial charge in [-0.15, -0.1) is 12.4 Å². The molecule has 0 radical (unpaired) electrons. The molecule has 0 spiro atoms. The van der Waals surface area contributed by atoms with E-state index in [9.17, 15) is 8.42 Å². The minimum Gasteiger partial charge on any atom is -0.493 e. The number of ether oxygens (including phenoxy) is 1. The van der Waals surface area contributed by atoms with Gasteiger partial charge in [-0.25, -0.2) is 13.1 Å². The molecule has 1 saturated carbocycles. The molecular formula is C13H19ClN2O3S. The molecule has 1 heterocycles. The van der Waals surface area contributed by atoms with Gasteiger partial charge in [0, 0.05) is 18.5 Å². The Labute approximate surface area is 125 Å². The van der Waals surface area contributed by atoms with Crippen molar-refractivity contribution >= 4 is 22.4 Å². The third-order valence-electron chi connectivity index (χ3n) is 3.93. The van der Waals surface area contributed by atoms with Gasteiger partial charge < -0.3 is 10.5 Å². The van der Waals surface area contributed by atoms with Crippen molar-refractivity contribution in [3.05, 3.63) is 23.8 Å². The fraction of sp³-hybridized carbons (Fsp3) is 0.538. The van der Waals surface area contributed by atoms with Crippen LogP contribution in [-0.2, 0) is 16.4 Å². The number of hydrogen-bond acceptors (Lipinski definition) is 4. The highest BCUT2D eigenvalue weighted by Crippen LogP contribution is 2.30. The van der Waals surface area contributed by atoms with Crippen molar-refractivity contribution in [3.8, 4) is 5.75 Å². The van der Waals surface area contributed by atoms with Gasteiger partial charge in [0.25, 0.3) is 0 Å². The second kappa shape index (κ2) is 5.52. The summed E-state index contributed by atoms with van der Waals surface area (Å²) in [6, 6.07) is 4.99. The molecule has 0 atom stereocenters. The van der Waals surface area contributed by atoms with Crippen molar-refractivity contribution in [3.63, 3.8) is 0 Å². The maximum atomic E-state index is 12.2. The summed E-state index contributed by atoms with van der Waals surface area (Å²) in [4.78, 5) is 0.291. The van der Waals surface area contributed by atoms with Crippen LogP contribution in [0.15, 0.2) is 23.1 Å². The summed E-state index contributed by atoms with van der Waals surface area (Å²) in [6.07, 6.45) is 3.61. The van der Waals surface area contributed by atoms with Crippen molar-refractivity contribution in [1.29, 1.82) is 0 Å². The number of rotatable bonds is 4. The zero-order chi connectivity index (χ0) is 13.5. The minimum atomic E-state index is -3.48. The molecule has 5 nitrogen and oxygen atoms in total. The highest BCUT2D eigenvalue weighted by molar-refractivity contribution is 7.89. The fourth-order valence-corrected chi connectivity index (χ4v) is 3.65. The first-order valence-electron chi connectivity index (χ1n) is 6.53. The lowest BCUT2D eigenvalue weighted by atomic mass is 9.78. The maximum absolute atomic E-state index is 12.2. The molecule has 1 aliphatic heterocycles. The summed E-state index contributed by atoms with van der Waals surface area (Å²) in [5.74, 6) is 0.785. The van der Waals surface area contributed by atoms with E-state index in [2.05, 4.69) is 4.72 Å². The van der Waals surface area contributed by atoms with Crippen LogP contribution in [0.25, 0.3) is 0 Å². The van der Waals surface area contributed by atoms with Crippen LogP contribution in [0, 0.1) is 0 Å². The Morgan fingerprint density at radius 1 is 1.35 bits per heavy atom. The van der Waals surface area contributed by atoms with Crippen LogP contribution < -0.4 is 15.2 Å². The number of benzene rings is 1. The average Bonchev–Trinajstić information content (AvgIpc) is 2.81. The van der Waals surface area contributed by atoms with Crippen molar-refractivity contribution in [2.45, 2.75) is 36.1 Å². The molecule has 20 heavy (non-hydrogen) atoms. The average molecular weight is 319 g/mol. The highest BCUT2D eigenvalue weighted by atomic mass is 35.5. The van der Waals surface area contributed by atoms with Crippen LogP contribution >= 0.6 is 12.4 Å². The maximum Gasteiger partial charge on any atom is 0.240 e. The minimum absolute atomic E-state index is 0. The van der Waals surface area contributed by atoms with E-state index in [1.807, 2.05) is 0 Å². The molecule has 1 aromatic rings. The molecule has 3 rings (SSSR count). The summed E-state index contributed by atoms with van der Waals surface area (Å²) in [6.45, 7) is 0.932. The summed E-state index contributed by atoms with van der Waals surface area (Å²) in [5, 5.41) is 0. The van der Waals surface area contributed by atoms with E-state index in [1.54, 1.807) is 18.2 Å². The van der Waals surface area contributed by atoms with Gasteiger partial charge in [0.1, 0.15) is 5.75 Å². The molecule has 7 heteroatoms. The molecule has 3 N–H and O–H groups in total. The quantitative estimate of drug-likeness (QED) is 0.874. The highest BCUT2D eigenvalue weighted by Gasteiger charge is 2.33. The SMILES string of the molecule is Cl.NC1(CNS(=O)(=O)c2ccc3c(c2)CCO3)CCC1. The number of hydrogen-bond donors (Lipinski definition) is 2.